The van der Waals surface area contributed by atoms with Crippen molar-refractivity contribution in [1.29, 1.82) is 0 Å². The van der Waals surface area contributed by atoms with E-state index in [2.05, 4.69) is 28.9 Å². The number of aromatic nitrogens is 4. The maximum Gasteiger partial charge on any atom is 0.253 e. The maximum atomic E-state index is 13.2. The predicted molar refractivity (Wildman–Crippen MR) is 103 cm³/mol. The molecule has 2 heterocycles. The molecule has 2 aromatic heterocycles. The van der Waals surface area contributed by atoms with E-state index in [9.17, 15) is 9.18 Å². The van der Waals surface area contributed by atoms with E-state index in [0.29, 0.717) is 35.3 Å². The van der Waals surface area contributed by atoms with Crippen molar-refractivity contribution in [2.75, 3.05) is 5.75 Å². The van der Waals surface area contributed by atoms with Crippen LogP contribution in [0.15, 0.2) is 35.6 Å². The van der Waals surface area contributed by atoms with Crippen molar-refractivity contribution in [1.82, 2.24) is 19.6 Å². The minimum atomic E-state index is -0.271. The van der Waals surface area contributed by atoms with Crippen molar-refractivity contribution in [3.05, 3.63) is 53.1 Å². The quantitative estimate of drug-likeness (QED) is 0.613. The lowest BCUT2D eigenvalue weighted by atomic mass is 9.82. The molecular weight excluding hydrogens is 363 g/mol. The fraction of sp³-hybridized carbons (Fsp3) is 0.400. The highest BCUT2D eigenvalue weighted by Crippen LogP contribution is 2.32. The summed E-state index contributed by atoms with van der Waals surface area (Å²) in [6.45, 7) is 4.38. The number of halogens is 1. The third-order valence-corrected chi connectivity index (χ3v) is 5.70. The lowest BCUT2D eigenvalue weighted by Crippen LogP contribution is -2.21. The summed E-state index contributed by atoms with van der Waals surface area (Å²) in [6, 6.07) is 6.37. The summed E-state index contributed by atoms with van der Waals surface area (Å²) in [6.07, 6.45) is 3.89. The summed E-state index contributed by atoms with van der Waals surface area (Å²) >= 11 is 1.61. The van der Waals surface area contributed by atoms with Crippen LogP contribution in [0.4, 0.5) is 4.39 Å². The third-order valence-electron chi connectivity index (χ3n) is 4.83. The smallest absolute Gasteiger partial charge is 0.253 e. The van der Waals surface area contributed by atoms with Crippen molar-refractivity contribution >= 4 is 23.3 Å². The fourth-order valence-electron chi connectivity index (χ4n) is 3.28. The number of rotatable bonds is 5. The molecule has 7 heteroatoms. The van der Waals surface area contributed by atoms with Crippen LogP contribution in [0.3, 0.4) is 0 Å². The Morgan fingerprint density at radius 1 is 1.22 bits per heavy atom. The van der Waals surface area contributed by atoms with Gasteiger partial charge in [0.1, 0.15) is 5.82 Å². The summed E-state index contributed by atoms with van der Waals surface area (Å²) in [5.74, 6) is 1.91. The van der Waals surface area contributed by atoms with Crippen molar-refractivity contribution in [2.24, 2.45) is 5.92 Å². The SMILES string of the molecule is CC(C)CCSc1nc2nc3c(cn2n1)C(=O)CC(c1ccc(F)cc1)C3. The van der Waals surface area contributed by atoms with E-state index in [0.717, 1.165) is 23.4 Å². The van der Waals surface area contributed by atoms with Gasteiger partial charge < -0.3 is 0 Å². The van der Waals surface area contributed by atoms with Crippen LogP contribution < -0.4 is 0 Å². The molecule has 0 amide bonds. The zero-order valence-electron chi connectivity index (χ0n) is 15.4. The second-order valence-electron chi connectivity index (χ2n) is 7.35. The highest BCUT2D eigenvalue weighted by atomic mass is 32.2. The summed E-state index contributed by atoms with van der Waals surface area (Å²) in [4.78, 5) is 21.8. The van der Waals surface area contributed by atoms with Crippen molar-refractivity contribution < 1.29 is 9.18 Å². The van der Waals surface area contributed by atoms with E-state index in [1.54, 1.807) is 34.6 Å². The molecule has 3 aromatic rings. The molecular formula is C20H21FN4OS. The molecule has 0 fully saturated rings. The van der Waals surface area contributed by atoms with Gasteiger partial charge in [-0.2, -0.15) is 4.98 Å². The first-order valence-corrected chi connectivity index (χ1v) is 10.2. The van der Waals surface area contributed by atoms with Gasteiger partial charge in [0.05, 0.1) is 11.3 Å². The zero-order chi connectivity index (χ0) is 19.0. The van der Waals surface area contributed by atoms with Crippen LogP contribution in [0.2, 0.25) is 0 Å². The van der Waals surface area contributed by atoms with E-state index in [1.165, 1.54) is 12.1 Å². The normalized spacial score (nSPS) is 16.9. The van der Waals surface area contributed by atoms with Crippen LogP contribution in [0.1, 0.15) is 54.2 Å². The summed E-state index contributed by atoms with van der Waals surface area (Å²) < 4.78 is 14.8. The highest BCUT2D eigenvalue weighted by Gasteiger charge is 2.28. The minimum absolute atomic E-state index is 0.0170. The number of thioether (sulfide) groups is 1. The molecule has 0 saturated carbocycles. The van der Waals surface area contributed by atoms with Gasteiger partial charge in [0, 0.05) is 18.4 Å². The van der Waals surface area contributed by atoms with Gasteiger partial charge in [-0.1, -0.05) is 37.7 Å². The Hall–Kier alpha value is -2.28. The standard InChI is InChI=1S/C20H21FN4OS/c1-12(2)7-8-27-20-23-19-22-17-9-14(13-3-5-15(21)6-4-13)10-18(26)16(17)11-25(19)24-20/h3-6,11-12,14H,7-10H2,1-2H3. The van der Waals surface area contributed by atoms with Gasteiger partial charge in [-0.25, -0.2) is 13.9 Å². The van der Waals surface area contributed by atoms with E-state index in [1.807, 2.05) is 0 Å². The minimum Gasteiger partial charge on any atom is -0.294 e. The van der Waals surface area contributed by atoms with Gasteiger partial charge in [0.2, 0.25) is 5.16 Å². The van der Waals surface area contributed by atoms with Gasteiger partial charge in [0.25, 0.3) is 5.78 Å². The molecule has 1 atom stereocenters. The summed E-state index contributed by atoms with van der Waals surface area (Å²) in [5.41, 5.74) is 2.33. The number of benzene rings is 1. The molecule has 1 unspecified atom stereocenters. The second kappa shape index (κ2) is 7.38. The summed E-state index contributed by atoms with van der Waals surface area (Å²) in [7, 11) is 0. The Morgan fingerprint density at radius 3 is 2.74 bits per heavy atom. The molecule has 1 aliphatic rings. The number of hydrogen-bond acceptors (Lipinski definition) is 5. The number of ketones is 1. The topological polar surface area (TPSA) is 60.1 Å². The molecule has 0 bridgehead atoms. The first kappa shape index (κ1) is 18.1. The monoisotopic (exact) mass is 384 g/mol. The molecule has 1 aromatic carbocycles. The van der Waals surface area contributed by atoms with Gasteiger partial charge >= 0.3 is 0 Å². The summed E-state index contributed by atoms with van der Waals surface area (Å²) in [5, 5.41) is 5.14. The van der Waals surface area contributed by atoms with Crippen LogP contribution in [-0.2, 0) is 6.42 Å². The van der Waals surface area contributed by atoms with E-state index >= 15 is 0 Å². The third kappa shape index (κ3) is 3.88. The van der Waals surface area contributed by atoms with E-state index < -0.39 is 0 Å². The molecule has 0 saturated heterocycles. The molecule has 0 spiro atoms. The van der Waals surface area contributed by atoms with Crippen molar-refractivity contribution in [2.45, 2.75) is 44.2 Å². The van der Waals surface area contributed by atoms with Crippen LogP contribution in [0.5, 0.6) is 0 Å². The number of Topliss-reactive ketones (excluding diaryl/α,β-unsaturated/α-hetero) is 1. The molecule has 0 N–H and O–H groups in total. The molecule has 140 valence electrons. The molecule has 0 radical (unpaired) electrons. The van der Waals surface area contributed by atoms with Crippen LogP contribution in [-0.4, -0.2) is 31.1 Å². The zero-order valence-corrected chi connectivity index (χ0v) is 16.2. The van der Waals surface area contributed by atoms with Gasteiger partial charge in [-0.3, -0.25) is 4.79 Å². The lowest BCUT2D eigenvalue weighted by Gasteiger charge is -2.23. The Balaban J connectivity index is 1.59. The Bertz CT molecular complexity index is 984. The van der Waals surface area contributed by atoms with Crippen LogP contribution in [0.25, 0.3) is 5.78 Å². The number of fused-ring (bicyclic) bond motifs is 2. The largest absolute Gasteiger partial charge is 0.294 e. The lowest BCUT2D eigenvalue weighted by molar-refractivity contribution is 0.0962. The second-order valence-corrected chi connectivity index (χ2v) is 8.41. The number of carbonyl (C=O) groups is 1. The average molecular weight is 384 g/mol. The van der Waals surface area contributed by atoms with Crippen LogP contribution in [0, 0.1) is 11.7 Å². The predicted octanol–water partition coefficient (Wildman–Crippen LogP) is 4.31. The van der Waals surface area contributed by atoms with Crippen LogP contribution >= 0.6 is 11.8 Å². The molecule has 1 aliphatic carbocycles. The Morgan fingerprint density at radius 2 is 2.00 bits per heavy atom. The maximum absolute atomic E-state index is 13.2. The highest BCUT2D eigenvalue weighted by molar-refractivity contribution is 7.99. The number of hydrogen-bond donors (Lipinski definition) is 0. The van der Waals surface area contributed by atoms with E-state index in [4.69, 9.17) is 0 Å². The first-order chi connectivity index (χ1) is 13.0. The Labute approximate surface area is 161 Å². The molecule has 4 rings (SSSR count). The first-order valence-electron chi connectivity index (χ1n) is 9.17. The van der Waals surface area contributed by atoms with Crippen molar-refractivity contribution in [3.63, 3.8) is 0 Å². The molecule has 27 heavy (non-hydrogen) atoms. The van der Waals surface area contributed by atoms with Crippen molar-refractivity contribution in [3.8, 4) is 0 Å². The van der Waals surface area contributed by atoms with E-state index in [-0.39, 0.29) is 17.5 Å². The Kier molecular flexibility index (Phi) is 4.95. The average Bonchev–Trinajstić information content (AvgIpc) is 3.02. The molecule has 5 nitrogen and oxygen atoms in total. The van der Waals surface area contributed by atoms with Gasteiger partial charge in [0.15, 0.2) is 5.78 Å². The molecule has 0 aliphatic heterocycles. The number of carbonyl (C=O) groups excluding carboxylic acids is 1. The van der Waals surface area contributed by atoms with Gasteiger partial charge in [-0.15, -0.1) is 5.10 Å². The van der Waals surface area contributed by atoms with Gasteiger partial charge in [-0.05, 0) is 42.4 Å². The fourth-order valence-corrected chi connectivity index (χ4v) is 4.35. The number of nitrogens with zero attached hydrogens (tertiary/aromatic N) is 4.